The molecule has 0 bridgehead atoms. The Labute approximate surface area is 163 Å². The summed E-state index contributed by atoms with van der Waals surface area (Å²) in [5.74, 6) is 2.36. The maximum atomic E-state index is 6.03. The van der Waals surface area contributed by atoms with Gasteiger partial charge in [0.25, 0.3) is 0 Å². The minimum Gasteiger partial charge on any atom is -0.493 e. The number of hydrogen-bond donors (Lipinski definition) is 0. The van der Waals surface area contributed by atoms with Gasteiger partial charge in [0.2, 0.25) is 0 Å². The van der Waals surface area contributed by atoms with Crippen molar-refractivity contribution >= 4 is 17.3 Å². The third kappa shape index (κ3) is 2.87. The highest BCUT2D eigenvalue weighted by Crippen LogP contribution is 2.26. The summed E-state index contributed by atoms with van der Waals surface area (Å²) in [6, 6.07) is 10.2. The predicted molar refractivity (Wildman–Crippen MR) is 108 cm³/mol. The summed E-state index contributed by atoms with van der Waals surface area (Å²) in [4.78, 5) is 7.32. The molecule has 28 heavy (non-hydrogen) atoms. The Morgan fingerprint density at radius 2 is 1.75 bits per heavy atom. The van der Waals surface area contributed by atoms with Gasteiger partial charge < -0.3 is 14.2 Å². The molecule has 0 atom stereocenters. The van der Waals surface area contributed by atoms with E-state index in [0.717, 1.165) is 62.7 Å². The van der Waals surface area contributed by atoms with E-state index >= 15 is 0 Å². The molecule has 5 nitrogen and oxygen atoms in total. The Balaban J connectivity index is 1.49. The van der Waals surface area contributed by atoms with Gasteiger partial charge in [0.05, 0.1) is 25.3 Å². The van der Waals surface area contributed by atoms with Crippen LogP contribution in [0.2, 0.25) is 0 Å². The first kappa shape index (κ1) is 17.3. The average molecular weight is 376 g/mol. The predicted octanol–water partition coefficient (Wildman–Crippen LogP) is 0.565. The van der Waals surface area contributed by atoms with Crippen LogP contribution in [0, 0.1) is 0 Å². The first-order valence-corrected chi connectivity index (χ1v) is 9.83. The van der Waals surface area contributed by atoms with Crippen LogP contribution in [0.15, 0.2) is 35.3 Å². The Bertz CT molecular complexity index is 1180. The topological polar surface area (TPSA) is 43.3 Å². The van der Waals surface area contributed by atoms with E-state index in [1.165, 1.54) is 25.9 Å². The molecule has 0 radical (unpaired) electrons. The summed E-state index contributed by atoms with van der Waals surface area (Å²) >= 11 is 0. The molecular formula is C23H24N2O3. The van der Waals surface area contributed by atoms with E-state index in [2.05, 4.69) is 17.0 Å². The summed E-state index contributed by atoms with van der Waals surface area (Å²) in [6.07, 6.45) is 4.79. The molecule has 3 aliphatic rings. The van der Waals surface area contributed by atoms with Gasteiger partial charge in [0.15, 0.2) is 11.5 Å². The lowest BCUT2D eigenvalue weighted by molar-refractivity contribution is 0.237. The summed E-state index contributed by atoms with van der Waals surface area (Å²) in [6.45, 7) is 4.11. The third-order valence-electron chi connectivity index (χ3n) is 5.73. The van der Waals surface area contributed by atoms with Crippen LogP contribution in [0.5, 0.6) is 17.2 Å². The molecule has 0 unspecified atom stereocenters. The van der Waals surface area contributed by atoms with E-state index in [9.17, 15) is 0 Å². The summed E-state index contributed by atoms with van der Waals surface area (Å²) in [5, 5.41) is 4.31. The fourth-order valence-corrected chi connectivity index (χ4v) is 4.25. The lowest BCUT2D eigenvalue weighted by atomic mass is 10.1. The van der Waals surface area contributed by atoms with Crippen LogP contribution in [-0.2, 0) is 0 Å². The Hall–Kier alpha value is -2.79. The number of ether oxygens (including phenoxy) is 3. The molecule has 2 aromatic rings. The van der Waals surface area contributed by atoms with Crippen molar-refractivity contribution in [3.63, 3.8) is 0 Å². The largest absolute Gasteiger partial charge is 0.493 e. The van der Waals surface area contributed by atoms with Gasteiger partial charge in [-0.1, -0.05) is 0 Å². The molecule has 5 rings (SSSR count). The van der Waals surface area contributed by atoms with Crippen molar-refractivity contribution in [3.8, 4) is 17.2 Å². The molecule has 0 spiro atoms. The zero-order valence-corrected chi connectivity index (χ0v) is 16.3. The highest BCUT2D eigenvalue weighted by atomic mass is 16.5. The number of nitrogens with zero attached hydrogens (tertiary/aromatic N) is 2. The molecule has 144 valence electrons. The average Bonchev–Trinajstić information content (AvgIpc) is 3.43. The van der Waals surface area contributed by atoms with Crippen LogP contribution >= 0.6 is 0 Å². The number of hydrogen-bond acceptors (Lipinski definition) is 5. The van der Waals surface area contributed by atoms with Crippen LogP contribution < -0.4 is 35.2 Å². The lowest BCUT2D eigenvalue weighted by Crippen LogP contribution is -2.26. The molecule has 0 aromatic heterocycles. The summed E-state index contributed by atoms with van der Waals surface area (Å²) in [5.41, 5.74) is 2.14. The van der Waals surface area contributed by atoms with E-state index in [0.29, 0.717) is 0 Å². The highest BCUT2D eigenvalue weighted by molar-refractivity contribution is 6.07. The van der Waals surface area contributed by atoms with E-state index in [1.807, 2.05) is 24.3 Å². The van der Waals surface area contributed by atoms with Crippen LogP contribution in [0.1, 0.15) is 12.8 Å². The van der Waals surface area contributed by atoms with Crippen molar-refractivity contribution < 1.29 is 14.2 Å². The molecule has 1 fully saturated rings. The third-order valence-corrected chi connectivity index (χ3v) is 5.73. The van der Waals surface area contributed by atoms with Crippen molar-refractivity contribution in [2.75, 3.05) is 40.5 Å². The smallest absolute Gasteiger partial charge is 0.161 e. The SMILES string of the molecule is COc1cc2c(cc1OC)=C1N=c3ccc(OCCN4CCCC4)cc3=C1C=2. The van der Waals surface area contributed by atoms with Gasteiger partial charge in [-0.3, -0.25) is 4.90 Å². The molecule has 1 aliphatic carbocycles. The number of rotatable bonds is 6. The number of likely N-dealkylation sites (tertiary alicyclic amines) is 1. The summed E-state index contributed by atoms with van der Waals surface area (Å²) in [7, 11) is 3.32. The maximum absolute atomic E-state index is 6.03. The molecule has 0 saturated carbocycles. The molecule has 2 heterocycles. The Morgan fingerprint density at radius 3 is 2.54 bits per heavy atom. The van der Waals surface area contributed by atoms with E-state index in [-0.39, 0.29) is 0 Å². The van der Waals surface area contributed by atoms with E-state index in [4.69, 9.17) is 19.2 Å². The van der Waals surface area contributed by atoms with Crippen LogP contribution in [0.3, 0.4) is 0 Å². The normalized spacial score (nSPS) is 16.9. The van der Waals surface area contributed by atoms with Crippen molar-refractivity contribution in [2.45, 2.75) is 12.8 Å². The molecule has 5 heteroatoms. The number of benzene rings is 2. The van der Waals surface area contributed by atoms with Gasteiger partial charge in [-0.25, -0.2) is 4.99 Å². The van der Waals surface area contributed by atoms with E-state index < -0.39 is 0 Å². The van der Waals surface area contributed by atoms with Crippen molar-refractivity contribution in [3.05, 3.63) is 51.3 Å². The van der Waals surface area contributed by atoms with Gasteiger partial charge in [-0.05, 0) is 67.6 Å². The molecule has 0 amide bonds. The molecular weight excluding hydrogens is 352 g/mol. The zero-order chi connectivity index (χ0) is 19.1. The van der Waals surface area contributed by atoms with Gasteiger partial charge in [-0.2, -0.15) is 0 Å². The van der Waals surface area contributed by atoms with Crippen LogP contribution in [-0.4, -0.2) is 45.4 Å². The molecule has 0 N–H and O–H groups in total. The van der Waals surface area contributed by atoms with Crippen molar-refractivity contribution in [2.24, 2.45) is 4.99 Å². The van der Waals surface area contributed by atoms with Crippen molar-refractivity contribution in [1.82, 2.24) is 4.90 Å². The van der Waals surface area contributed by atoms with Gasteiger partial charge >= 0.3 is 0 Å². The molecule has 2 aromatic carbocycles. The van der Waals surface area contributed by atoms with E-state index in [1.54, 1.807) is 14.2 Å². The first-order valence-electron chi connectivity index (χ1n) is 9.83. The highest BCUT2D eigenvalue weighted by Gasteiger charge is 2.19. The first-order chi connectivity index (χ1) is 13.8. The lowest BCUT2D eigenvalue weighted by Gasteiger charge is -2.14. The minimum absolute atomic E-state index is 0.722. The monoisotopic (exact) mass is 376 g/mol. The second-order valence-corrected chi connectivity index (χ2v) is 7.39. The van der Waals surface area contributed by atoms with Crippen LogP contribution in [0.4, 0.5) is 0 Å². The van der Waals surface area contributed by atoms with Gasteiger partial charge in [0.1, 0.15) is 12.4 Å². The van der Waals surface area contributed by atoms with Crippen molar-refractivity contribution in [1.29, 1.82) is 0 Å². The summed E-state index contributed by atoms with van der Waals surface area (Å²) < 4.78 is 16.9. The number of fused-ring (bicyclic) bond motifs is 3. The van der Waals surface area contributed by atoms with Gasteiger partial charge in [-0.15, -0.1) is 0 Å². The second kappa shape index (κ2) is 6.99. The maximum Gasteiger partial charge on any atom is 0.161 e. The minimum atomic E-state index is 0.722. The molecule has 2 aliphatic heterocycles. The fourth-order valence-electron chi connectivity index (χ4n) is 4.25. The number of methoxy groups -OCH3 is 2. The quantitative estimate of drug-likeness (QED) is 0.739. The standard InChI is InChI=1S/C23H24N2O3/c1-26-21-12-15-11-19-18-13-16(28-10-9-25-7-3-4-8-25)5-6-20(18)24-23(19)17(15)14-22(21)27-2/h5-6,11-14H,3-4,7-10H2,1-2H3. The Morgan fingerprint density at radius 1 is 0.964 bits per heavy atom. The van der Waals surface area contributed by atoms with Crippen LogP contribution in [0.25, 0.3) is 17.3 Å². The zero-order valence-electron chi connectivity index (χ0n) is 16.3. The second-order valence-electron chi connectivity index (χ2n) is 7.39. The fraction of sp³-hybridized carbons (Fsp3) is 0.348. The Kier molecular flexibility index (Phi) is 4.32. The molecule has 1 saturated heterocycles. The van der Waals surface area contributed by atoms with Gasteiger partial charge in [0, 0.05) is 22.6 Å².